The molecule has 0 bridgehead atoms. The van der Waals surface area contributed by atoms with E-state index in [-0.39, 0.29) is 23.2 Å². The van der Waals surface area contributed by atoms with Crippen molar-refractivity contribution in [2.75, 3.05) is 5.32 Å². The molecule has 0 radical (unpaired) electrons. The second-order valence-electron chi connectivity index (χ2n) is 9.20. The van der Waals surface area contributed by atoms with Gasteiger partial charge in [-0.05, 0) is 54.1 Å². The highest BCUT2D eigenvalue weighted by molar-refractivity contribution is 7.17. The van der Waals surface area contributed by atoms with Crippen LogP contribution in [0.2, 0.25) is 0 Å². The molecule has 1 fully saturated rings. The number of hydrogen-bond acceptors (Lipinski definition) is 3. The molecule has 0 saturated heterocycles. The number of thiophene rings is 1. The molecule has 3 atom stereocenters. The third kappa shape index (κ3) is 3.85. The topological polar surface area (TPSA) is 72.2 Å². The molecule has 1 aromatic heterocycles. The first-order valence-electron chi connectivity index (χ1n) is 10.6. The molecule has 0 spiro atoms. The summed E-state index contributed by atoms with van der Waals surface area (Å²) >= 11 is 1.56. The number of carbonyl (C=O) groups is 2. The Hall–Kier alpha value is -2.14. The molecule has 2 amide bonds. The lowest BCUT2D eigenvalue weighted by molar-refractivity contribution is -0.117. The van der Waals surface area contributed by atoms with Gasteiger partial charge in [0.15, 0.2) is 0 Å². The van der Waals surface area contributed by atoms with Crippen LogP contribution in [-0.4, -0.2) is 11.8 Å². The Morgan fingerprint density at radius 2 is 1.97 bits per heavy atom. The molecule has 1 saturated carbocycles. The van der Waals surface area contributed by atoms with Gasteiger partial charge in [0.2, 0.25) is 5.91 Å². The average Bonchev–Trinajstić information content (AvgIpc) is 3.43. The number of carbonyl (C=O) groups excluding carboxylic acids is 2. The maximum Gasteiger partial charge on any atom is 0.251 e. The summed E-state index contributed by atoms with van der Waals surface area (Å²) in [5.41, 5.74) is 8.82. The molecule has 2 aliphatic rings. The number of primary amides is 1. The predicted octanol–water partition coefficient (Wildman–Crippen LogP) is 5.13. The second kappa shape index (κ2) is 7.60. The van der Waals surface area contributed by atoms with Crippen LogP contribution in [0, 0.1) is 17.3 Å². The Balaban J connectivity index is 1.53. The number of fused-ring (bicyclic) bond motifs is 1. The van der Waals surface area contributed by atoms with Crippen molar-refractivity contribution < 1.29 is 9.59 Å². The number of amides is 2. The average molecular weight is 411 g/mol. The Morgan fingerprint density at radius 3 is 2.62 bits per heavy atom. The van der Waals surface area contributed by atoms with Crippen LogP contribution in [0.5, 0.6) is 0 Å². The standard InChI is InChI=1S/C24H30N2O2S/c1-4-24(2,3)15-10-11-16-19(12-15)29-23(20(16)21(25)27)26-22(28)18-13-17(18)14-8-6-5-7-9-14/h5-9,15,17-18H,4,10-13H2,1-3H3,(H2,25,27)(H,26,28)/t15-,17+,18+/m0/s1. The van der Waals surface area contributed by atoms with Gasteiger partial charge < -0.3 is 11.1 Å². The Kier molecular flexibility index (Phi) is 5.28. The van der Waals surface area contributed by atoms with Crippen molar-refractivity contribution in [2.24, 2.45) is 23.0 Å². The molecule has 2 aliphatic carbocycles. The Morgan fingerprint density at radius 1 is 1.24 bits per heavy atom. The number of benzene rings is 1. The number of nitrogens with one attached hydrogen (secondary N) is 1. The van der Waals surface area contributed by atoms with E-state index in [4.69, 9.17) is 5.73 Å². The molecule has 4 nitrogen and oxygen atoms in total. The highest BCUT2D eigenvalue weighted by Gasteiger charge is 2.44. The van der Waals surface area contributed by atoms with Crippen LogP contribution in [-0.2, 0) is 17.6 Å². The van der Waals surface area contributed by atoms with Gasteiger partial charge in [0, 0.05) is 10.8 Å². The molecule has 3 N–H and O–H groups in total. The molecule has 154 valence electrons. The van der Waals surface area contributed by atoms with E-state index in [2.05, 4.69) is 38.2 Å². The molecular formula is C24H30N2O2S. The minimum Gasteiger partial charge on any atom is -0.365 e. The van der Waals surface area contributed by atoms with Crippen molar-refractivity contribution in [1.29, 1.82) is 0 Å². The van der Waals surface area contributed by atoms with Crippen LogP contribution in [0.25, 0.3) is 0 Å². The number of rotatable bonds is 6. The lowest BCUT2D eigenvalue weighted by atomic mass is 9.69. The van der Waals surface area contributed by atoms with Crippen LogP contribution in [0.3, 0.4) is 0 Å². The van der Waals surface area contributed by atoms with E-state index in [1.165, 1.54) is 10.4 Å². The van der Waals surface area contributed by atoms with Gasteiger partial charge in [-0.2, -0.15) is 0 Å². The fourth-order valence-electron chi connectivity index (χ4n) is 4.65. The van der Waals surface area contributed by atoms with E-state index in [0.29, 0.717) is 16.5 Å². The third-order valence-corrected chi connectivity index (χ3v) is 8.29. The molecule has 0 aliphatic heterocycles. The van der Waals surface area contributed by atoms with Gasteiger partial charge in [0.05, 0.1) is 5.56 Å². The zero-order valence-electron chi connectivity index (χ0n) is 17.5. The summed E-state index contributed by atoms with van der Waals surface area (Å²) in [4.78, 5) is 26.3. The van der Waals surface area contributed by atoms with E-state index < -0.39 is 5.91 Å². The molecule has 1 aromatic carbocycles. The molecule has 29 heavy (non-hydrogen) atoms. The fraction of sp³-hybridized carbons (Fsp3) is 0.500. The SMILES string of the molecule is CCC(C)(C)[C@H]1CCc2c(sc(NC(=O)[C@@H]3C[C@@H]3c3ccccc3)c2C(N)=O)C1. The van der Waals surface area contributed by atoms with Crippen molar-refractivity contribution in [3.05, 3.63) is 51.9 Å². The van der Waals surface area contributed by atoms with Crippen molar-refractivity contribution in [3.63, 3.8) is 0 Å². The van der Waals surface area contributed by atoms with Crippen LogP contribution >= 0.6 is 11.3 Å². The van der Waals surface area contributed by atoms with Gasteiger partial charge in [0.1, 0.15) is 5.00 Å². The maximum absolute atomic E-state index is 12.9. The summed E-state index contributed by atoms with van der Waals surface area (Å²) in [7, 11) is 0. The van der Waals surface area contributed by atoms with Gasteiger partial charge in [0.25, 0.3) is 5.91 Å². The zero-order valence-corrected chi connectivity index (χ0v) is 18.3. The van der Waals surface area contributed by atoms with Crippen molar-refractivity contribution >= 4 is 28.2 Å². The van der Waals surface area contributed by atoms with Crippen molar-refractivity contribution in [3.8, 4) is 0 Å². The van der Waals surface area contributed by atoms with E-state index in [9.17, 15) is 9.59 Å². The molecule has 0 unspecified atom stereocenters. The van der Waals surface area contributed by atoms with Crippen LogP contribution in [0.15, 0.2) is 30.3 Å². The highest BCUT2D eigenvalue weighted by Crippen LogP contribution is 2.49. The van der Waals surface area contributed by atoms with E-state index in [1.807, 2.05) is 18.2 Å². The lowest BCUT2D eigenvalue weighted by Gasteiger charge is -2.36. The summed E-state index contributed by atoms with van der Waals surface area (Å²) in [6.07, 6.45) is 4.89. The summed E-state index contributed by atoms with van der Waals surface area (Å²) in [6, 6.07) is 10.2. The van der Waals surface area contributed by atoms with Crippen LogP contribution < -0.4 is 11.1 Å². The van der Waals surface area contributed by atoms with Crippen molar-refractivity contribution in [2.45, 2.75) is 58.8 Å². The fourth-order valence-corrected chi connectivity index (χ4v) is 5.98. The lowest BCUT2D eigenvalue weighted by Crippen LogP contribution is -2.29. The molecule has 5 heteroatoms. The molecule has 2 aromatic rings. The Labute approximate surface area is 176 Å². The first-order valence-corrected chi connectivity index (χ1v) is 11.4. The van der Waals surface area contributed by atoms with Gasteiger partial charge >= 0.3 is 0 Å². The monoisotopic (exact) mass is 410 g/mol. The quantitative estimate of drug-likeness (QED) is 0.693. The number of nitrogens with two attached hydrogens (primary N) is 1. The number of anilines is 1. The van der Waals surface area contributed by atoms with Gasteiger partial charge in [-0.1, -0.05) is 57.5 Å². The minimum atomic E-state index is -0.429. The van der Waals surface area contributed by atoms with Gasteiger partial charge in [-0.3, -0.25) is 9.59 Å². The zero-order chi connectivity index (χ0) is 20.8. The van der Waals surface area contributed by atoms with Gasteiger partial charge in [-0.15, -0.1) is 11.3 Å². The summed E-state index contributed by atoms with van der Waals surface area (Å²) < 4.78 is 0. The normalized spacial score (nSPS) is 23.3. The smallest absolute Gasteiger partial charge is 0.251 e. The van der Waals surface area contributed by atoms with Crippen molar-refractivity contribution in [1.82, 2.24) is 0 Å². The van der Waals surface area contributed by atoms with Crippen LogP contribution in [0.1, 0.15) is 72.3 Å². The first kappa shape index (κ1) is 20.1. The largest absolute Gasteiger partial charge is 0.365 e. The maximum atomic E-state index is 12.9. The molecule has 1 heterocycles. The number of hydrogen-bond donors (Lipinski definition) is 2. The Bertz CT molecular complexity index is 932. The summed E-state index contributed by atoms with van der Waals surface area (Å²) in [5.74, 6) is 0.419. The highest BCUT2D eigenvalue weighted by atomic mass is 32.1. The summed E-state index contributed by atoms with van der Waals surface area (Å²) in [5, 5.41) is 3.71. The van der Waals surface area contributed by atoms with E-state index in [1.54, 1.807) is 11.3 Å². The van der Waals surface area contributed by atoms with E-state index in [0.717, 1.165) is 37.7 Å². The second-order valence-corrected chi connectivity index (χ2v) is 10.3. The summed E-state index contributed by atoms with van der Waals surface area (Å²) in [6.45, 7) is 6.89. The minimum absolute atomic E-state index is 0.00499. The predicted molar refractivity (Wildman–Crippen MR) is 118 cm³/mol. The van der Waals surface area contributed by atoms with Crippen LogP contribution in [0.4, 0.5) is 5.00 Å². The van der Waals surface area contributed by atoms with Gasteiger partial charge in [-0.25, -0.2) is 0 Å². The van der Waals surface area contributed by atoms with E-state index >= 15 is 0 Å². The third-order valence-electron chi connectivity index (χ3n) is 7.12. The first-order chi connectivity index (χ1) is 13.8. The molecular weight excluding hydrogens is 380 g/mol. The molecule has 4 rings (SSSR count).